The fourth-order valence-electron chi connectivity index (χ4n) is 2.56. The van der Waals surface area contributed by atoms with Gasteiger partial charge in [-0.05, 0) is 68.8 Å². The van der Waals surface area contributed by atoms with E-state index < -0.39 is 0 Å². The average Bonchev–Trinajstić information content (AvgIpc) is 3.28. The van der Waals surface area contributed by atoms with Crippen molar-refractivity contribution in [1.29, 1.82) is 0 Å². The molecule has 4 fully saturated rings. The van der Waals surface area contributed by atoms with E-state index >= 15 is 0 Å². The van der Waals surface area contributed by atoms with Crippen LogP contribution in [0.25, 0.3) is 0 Å². The van der Waals surface area contributed by atoms with Gasteiger partial charge in [-0.15, -0.1) is 0 Å². The highest BCUT2D eigenvalue weighted by atomic mass is 16.5. The zero-order valence-corrected chi connectivity index (χ0v) is 11.4. The van der Waals surface area contributed by atoms with Gasteiger partial charge in [0, 0.05) is 11.8 Å². The number of methoxy groups -OCH3 is 1. The van der Waals surface area contributed by atoms with Crippen molar-refractivity contribution in [2.75, 3.05) is 7.11 Å². The second kappa shape index (κ2) is 5.07. The van der Waals surface area contributed by atoms with Crippen LogP contribution in [0.2, 0.25) is 0 Å². The van der Waals surface area contributed by atoms with Crippen molar-refractivity contribution >= 4 is 5.78 Å². The van der Waals surface area contributed by atoms with Gasteiger partial charge in [0.15, 0.2) is 0 Å². The summed E-state index contributed by atoms with van der Waals surface area (Å²) in [5, 5.41) is 0. The molecule has 0 aliphatic heterocycles. The molecule has 0 aromatic carbocycles. The van der Waals surface area contributed by atoms with E-state index in [4.69, 9.17) is 4.74 Å². The minimum atomic E-state index is 0.516. The fraction of sp³-hybridized carbons (Fsp3) is 0.812. The predicted octanol–water partition coefficient (Wildman–Crippen LogP) is 3.71. The lowest BCUT2D eigenvalue weighted by Gasteiger charge is -2.00. The van der Waals surface area contributed by atoms with E-state index in [9.17, 15) is 4.79 Å². The second-order valence-electron chi connectivity index (χ2n) is 6.35. The summed E-state index contributed by atoms with van der Waals surface area (Å²) in [7, 11) is 1.75. The molecule has 0 spiro atoms. The Labute approximate surface area is 110 Å². The summed E-state index contributed by atoms with van der Waals surface area (Å²) in [6.45, 7) is 0. The number of rotatable bonds is 5. The first kappa shape index (κ1) is 12.3. The van der Waals surface area contributed by atoms with Gasteiger partial charge in [0.1, 0.15) is 5.78 Å². The molecule has 0 radical (unpaired) electrons. The van der Waals surface area contributed by atoms with Gasteiger partial charge in [0.2, 0.25) is 0 Å². The summed E-state index contributed by atoms with van der Waals surface area (Å²) < 4.78 is 5.04. The molecule has 18 heavy (non-hydrogen) atoms. The van der Waals surface area contributed by atoms with Crippen molar-refractivity contribution in [3.05, 3.63) is 11.8 Å². The maximum absolute atomic E-state index is 11.0. The van der Waals surface area contributed by atoms with Crippen molar-refractivity contribution in [3.63, 3.8) is 0 Å². The molecule has 0 heterocycles. The minimum absolute atomic E-state index is 0.516. The van der Waals surface area contributed by atoms with Crippen LogP contribution in [0.1, 0.15) is 51.4 Å². The van der Waals surface area contributed by atoms with E-state index in [1.165, 1.54) is 51.4 Å². The Kier molecular flexibility index (Phi) is 3.45. The molecule has 0 bridgehead atoms. The van der Waals surface area contributed by atoms with Crippen molar-refractivity contribution < 1.29 is 9.53 Å². The molecule has 0 amide bonds. The third-order valence-corrected chi connectivity index (χ3v) is 4.31. The maximum atomic E-state index is 11.0. The molecule has 4 aliphatic carbocycles. The van der Waals surface area contributed by atoms with Gasteiger partial charge in [-0.3, -0.25) is 4.79 Å². The minimum Gasteiger partial charge on any atom is -0.504 e. The monoisotopic (exact) mass is 248 g/mol. The summed E-state index contributed by atoms with van der Waals surface area (Å²) in [4.78, 5) is 11.0. The Morgan fingerprint density at radius 1 is 0.833 bits per heavy atom. The number of hydrogen-bond acceptors (Lipinski definition) is 2. The molecule has 4 rings (SSSR count). The molecule has 2 nitrogen and oxygen atoms in total. The third-order valence-electron chi connectivity index (χ3n) is 4.31. The molecule has 100 valence electrons. The number of hydrogen-bond donors (Lipinski definition) is 0. The van der Waals surface area contributed by atoms with Crippen LogP contribution >= 0.6 is 0 Å². The van der Waals surface area contributed by atoms with E-state index in [0.29, 0.717) is 17.6 Å². The summed E-state index contributed by atoms with van der Waals surface area (Å²) in [5.41, 5.74) is 1.60. The van der Waals surface area contributed by atoms with Crippen LogP contribution in [-0.2, 0) is 9.53 Å². The SMILES string of the molecule is COC=C(C1CC1)C1CC1.O=C(C1CC1)C1CC1. The Morgan fingerprint density at radius 2 is 1.22 bits per heavy atom. The quantitative estimate of drug-likeness (QED) is 0.693. The van der Waals surface area contributed by atoms with Crippen molar-refractivity contribution in [3.8, 4) is 0 Å². The molecule has 0 aromatic rings. The van der Waals surface area contributed by atoms with E-state index in [1.807, 2.05) is 6.26 Å². The molecule has 4 aliphatic rings. The molecule has 4 saturated carbocycles. The summed E-state index contributed by atoms with van der Waals surface area (Å²) in [6, 6.07) is 0. The predicted molar refractivity (Wildman–Crippen MR) is 71.0 cm³/mol. The summed E-state index contributed by atoms with van der Waals surface area (Å²) in [6.07, 6.45) is 12.4. The van der Waals surface area contributed by atoms with Gasteiger partial charge in [0.25, 0.3) is 0 Å². The number of allylic oxidation sites excluding steroid dienone is 1. The topological polar surface area (TPSA) is 26.3 Å². The van der Waals surface area contributed by atoms with E-state index in [2.05, 4.69) is 0 Å². The van der Waals surface area contributed by atoms with Crippen LogP contribution in [0.3, 0.4) is 0 Å². The van der Waals surface area contributed by atoms with Gasteiger partial charge in [-0.1, -0.05) is 0 Å². The van der Waals surface area contributed by atoms with Crippen molar-refractivity contribution in [2.24, 2.45) is 23.7 Å². The highest BCUT2D eigenvalue weighted by Gasteiger charge is 2.39. The number of ether oxygens (including phenoxy) is 1. The first-order valence-corrected chi connectivity index (χ1v) is 7.56. The lowest BCUT2D eigenvalue weighted by molar-refractivity contribution is -0.121. The highest BCUT2D eigenvalue weighted by molar-refractivity contribution is 5.87. The first-order chi connectivity index (χ1) is 8.79. The molecule has 0 N–H and O–H groups in total. The van der Waals surface area contributed by atoms with Crippen LogP contribution in [0, 0.1) is 23.7 Å². The van der Waals surface area contributed by atoms with Crippen LogP contribution < -0.4 is 0 Å². The Hall–Kier alpha value is -0.790. The third kappa shape index (κ3) is 3.37. The van der Waals surface area contributed by atoms with E-state index in [0.717, 1.165) is 11.8 Å². The van der Waals surface area contributed by atoms with E-state index in [-0.39, 0.29) is 0 Å². The van der Waals surface area contributed by atoms with Gasteiger partial charge >= 0.3 is 0 Å². The van der Waals surface area contributed by atoms with Crippen LogP contribution in [0.5, 0.6) is 0 Å². The number of carbonyl (C=O) groups is 1. The van der Waals surface area contributed by atoms with E-state index in [1.54, 1.807) is 12.7 Å². The van der Waals surface area contributed by atoms with Crippen LogP contribution in [0.15, 0.2) is 11.8 Å². The lowest BCUT2D eigenvalue weighted by atomic mass is 10.1. The second-order valence-corrected chi connectivity index (χ2v) is 6.35. The lowest BCUT2D eigenvalue weighted by Crippen LogP contribution is -2.01. The van der Waals surface area contributed by atoms with Gasteiger partial charge in [-0.25, -0.2) is 0 Å². The molecular formula is C16H24O2. The smallest absolute Gasteiger partial charge is 0.139 e. The Morgan fingerprint density at radius 3 is 1.50 bits per heavy atom. The molecule has 0 saturated heterocycles. The van der Waals surface area contributed by atoms with Gasteiger partial charge < -0.3 is 4.74 Å². The molecule has 0 unspecified atom stereocenters. The zero-order valence-electron chi connectivity index (χ0n) is 11.4. The van der Waals surface area contributed by atoms with Crippen LogP contribution in [0.4, 0.5) is 0 Å². The average molecular weight is 248 g/mol. The largest absolute Gasteiger partial charge is 0.504 e. The Bertz CT molecular complexity index is 314. The standard InChI is InChI=1S/C9H14O.C7H10O/c1-10-6-9(7-2-3-7)8-4-5-8;8-7(5-1-2-5)6-3-4-6/h6-8H,2-5H2,1H3;5-6H,1-4H2. The summed E-state index contributed by atoms with van der Waals surface area (Å²) >= 11 is 0. The molecule has 2 heteroatoms. The number of ketones is 1. The summed E-state index contributed by atoms with van der Waals surface area (Å²) in [5.74, 6) is 3.43. The highest BCUT2D eigenvalue weighted by Crippen LogP contribution is 2.48. The van der Waals surface area contributed by atoms with Gasteiger partial charge in [-0.2, -0.15) is 0 Å². The first-order valence-electron chi connectivity index (χ1n) is 7.56. The molecule has 0 atom stereocenters. The zero-order chi connectivity index (χ0) is 12.5. The number of Topliss-reactive ketones (excluding diaryl/α,β-unsaturated/α-hetero) is 1. The van der Waals surface area contributed by atoms with Crippen molar-refractivity contribution in [1.82, 2.24) is 0 Å². The molecule has 0 aromatic heterocycles. The normalized spacial score (nSPS) is 25.8. The number of carbonyl (C=O) groups excluding carboxylic acids is 1. The Balaban J connectivity index is 0.000000114. The fourth-order valence-corrected chi connectivity index (χ4v) is 2.56. The maximum Gasteiger partial charge on any atom is 0.139 e. The van der Waals surface area contributed by atoms with Crippen LogP contribution in [-0.4, -0.2) is 12.9 Å². The van der Waals surface area contributed by atoms with Crippen molar-refractivity contribution in [2.45, 2.75) is 51.4 Å². The molecular weight excluding hydrogens is 224 g/mol. The van der Waals surface area contributed by atoms with Gasteiger partial charge in [0.05, 0.1) is 13.4 Å².